The van der Waals surface area contributed by atoms with Crippen molar-refractivity contribution in [2.45, 2.75) is 23.5 Å². The minimum absolute atomic E-state index is 0.0424. The molecule has 1 aliphatic heterocycles. The van der Waals surface area contributed by atoms with Gasteiger partial charge in [0.25, 0.3) is 5.56 Å². The lowest BCUT2D eigenvalue weighted by molar-refractivity contribution is 0.336. The smallest absolute Gasteiger partial charge is 0.333 e. The third-order valence-corrected chi connectivity index (χ3v) is 6.56. The number of hydrogen-bond donors (Lipinski definition) is 1. The highest BCUT2D eigenvalue weighted by molar-refractivity contribution is 7.99. The average molecular weight is 438 g/mol. The van der Waals surface area contributed by atoms with Gasteiger partial charge < -0.3 is 9.84 Å². The first-order chi connectivity index (χ1) is 14.9. The molecule has 0 fully saturated rings. The van der Waals surface area contributed by atoms with E-state index in [9.17, 15) is 14.7 Å². The number of hydrogen-bond acceptors (Lipinski definition) is 6. The van der Waals surface area contributed by atoms with Crippen molar-refractivity contribution in [1.82, 2.24) is 9.13 Å². The lowest BCUT2D eigenvalue weighted by atomic mass is 10.0. The van der Waals surface area contributed by atoms with Crippen LogP contribution in [-0.2, 0) is 14.1 Å². The highest BCUT2D eigenvalue weighted by atomic mass is 32.2. The van der Waals surface area contributed by atoms with Crippen molar-refractivity contribution in [2.75, 3.05) is 6.61 Å². The zero-order chi connectivity index (χ0) is 22.1. The number of fused-ring (bicyclic) bond motifs is 1. The van der Waals surface area contributed by atoms with E-state index in [2.05, 4.69) is 0 Å². The molecule has 0 saturated heterocycles. The first-order valence-electron chi connectivity index (χ1n) is 9.96. The normalized spacial score (nSPS) is 15.7. The fourth-order valence-electron chi connectivity index (χ4n) is 3.66. The van der Waals surface area contributed by atoms with Crippen LogP contribution in [0.3, 0.4) is 0 Å². The monoisotopic (exact) mass is 437 g/mol. The highest BCUT2D eigenvalue weighted by Crippen LogP contribution is 2.47. The predicted octanol–water partition coefficient (Wildman–Crippen LogP) is 3.55. The van der Waals surface area contributed by atoms with Crippen LogP contribution >= 0.6 is 11.8 Å². The molecule has 0 bridgehead atoms. The van der Waals surface area contributed by atoms with Crippen molar-refractivity contribution < 1.29 is 9.84 Å². The van der Waals surface area contributed by atoms with Crippen molar-refractivity contribution in [3.8, 4) is 11.6 Å². The van der Waals surface area contributed by atoms with Crippen LogP contribution in [0, 0.1) is 0 Å². The zero-order valence-electron chi connectivity index (χ0n) is 17.5. The van der Waals surface area contributed by atoms with Crippen LogP contribution in [-0.4, -0.2) is 26.6 Å². The molecule has 1 aliphatic rings. The van der Waals surface area contributed by atoms with E-state index in [1.165, 1.54) is 14.1 Å². The molecule has 0 spiro atoms. The number of aromatic nitrogens is 2. The quantitative estimate of drug-likeness (QED) is 0.675. The number of ether oxygens (including phenoxy) is 1. The topological polar surface area (TPSA) is 85.8 Å². The molecular weight excluding hydrogens is 414 g/mol. The molecule has 0 saturated carbocycles. The van der Waals surface area contributed by atoms with E-state index in [1.807, 2.05) is 55.5 Å². The Kier molecular flexibility index (Phi) is 5.73. The summed E-state index contributed by atoms with van der Waals surface area (Å²) in [5.74, 6) is 0.395. The maximum atomic E-state index is 13.0. The molecule has 0 amide bonds. The Hall–Kier alpha value is -3.26. The summed E-state index contributed by atoms with van der Waals surface area (Å²) < 4.78 is 7.90. The van der Waals surface area contributed by atoms with Crippen molar-refractivity contribution in [3.05, 3.63) is 80.5 Å². The Morgan fingerprint density at radius 3 is 2.58 bits per heavy atom. The molecule has 0 aliphatic carbocycles. The summed E-state index contributed by atoms with van der Waals surface area (Å²) in [6.45, 7) is 2.47. The van der Waals surface area contributed by atoms with Crippen LogP contribution in [0.15, 0.2) is 68.0 Å². The van der Waals surface area contributed by atoms with E-state index in [-0.39, 0.29) is 16.7 Å². The van der Waals surface area contributed by atoms with Gasteiger partial charge in [-0.25, -0.2) is 4.79 Å². The lowest BCUT2D eigenvalue weighted by Gasteiger charge is -2.20. The van der Waals surface area contributed by atoms with Gasteiger partial charge in [0.2, 0.25) is 5.88 Å². The second kappa shape index (κ2) is 8.47. The summed E-state index contributed by atoms with van der Waals surface area (Å²) in [5.41, 5.74) is 1.02. The molecule has 1 atom stereocenters. The molecule has 0 radical (unpaired) electrons. The fourth-order valence-corrected chi connectivity index (χ4v) is 4.92. The number of aliphatic imine (C=N–C) groups is 1. The van der Waals surface area contributed by atoms with E-state index in [0.717, 1.165) is 25.3 Å². The molecule has 7 nitrogen and oxygen atoms in total. The van der Waals surface area contributed by atoms with Gasteiger partial charge in [0.15, 0.2) is 0 Å². The van der Waals surface area contributed by atoms with E-state index in [0.29, 0.717) is 24.4 Å². The number of para-hydroxylation sites is 2. The molecule has 160 valence electrons. The molecule has 1 aromatic heterocycles. The van der Waals surface area contributed by atoms with Crippen LogP contribution in [0.5, 0.6) is 11.6 Å². The van der Waals surface area contributed by atoms with Gasteiger partial charge in [0.1, 0.15) is 11.3 Å². The molecular formula is C23H23N3O4S. The Labute approximate surface area is 183 Å². The van der Waals surface area contributed by atoms with Crippen LogP contribution in [0.4, 0.5) is 5.69 Å². The van der Waals surface area contributed by atoms with Crippen molar-refractivity contribution in [2.24, 2.45) is 19.1 Å². The van der Waals surface area contributed by atoms with Gasteiger partial charge >= 0.3 is 5.69 Å². The number of thioether (sulfide) groups is 1. The maximum Gasteiger partial charge on any atom is 0.333 e. The summed E-state index contributed by atoms with van der Waals surface area (Å²) in [6.07, 6.45) is 0.379. The zero-order valence-corrected chi connectivity index (χ0v) is 18.3. The van der Waals surface area contributed by atoms with Crippen LogP contribution < -0.4 is 16.0 Å². The SMILES string of the molecule is CCOc1ccccc1[C@H]1CC(c2c(O)n(C)c(=O)n(C)c2=O)=Nc2ccccc2S1. The number of benzene rings is 2. The van der Waals surface area contributed by atoms with Gasteiger partial charge in [0.05, 0.1) is 18.0 Å². The van der Waals surface area contributed by atoms with Crippen molar-refractivity contribution in [3.63, 3.8) is 0 Å². The summed E-state index contributed by atoms with van der Waals surface area (Å²) in [7, 11) is 2.83. The molecule has 3 aromatic rings. The minimum atomic E-state index is -0.589. The molecule has 2 aromatic carbocycles. The second-order valence-electron chi connectivity index (χ2n) is 7.21. The average Bonchev–Trinajstić information content (AvgIpc) is 2.96. The van der Waals surface area contributed by atoms with Crippen LogP contribution in [0.1, 0.15) is 29.7 Å². The molecule has 31 heavy (non-hydrogen) atoms. The standard InChI is InChI=1S/C23H23N3O4S/c1-4-30-17-11-7-5-9-14(17)19-13-16(24-15-10-6-8-12-18(15)31-19)20-21(27)25(2)23(29)26(3)22(20)28/h5-12,19,27H,4,13H2,1-3H3/t19-/m1/s1. The van der Waals surface area contributed by atoms with Crippen molar-refractivity contribution >= 4 is 23.2 Å². The highest BCUT2D eigenvalue weighted by Gasteiger charge is 2.28. The summed E-state index contributed by atoms with van der Waals surface area (Å²) in [6, 6.07) is 15.5. The van der Waals surface area contributed by atoms with Crippen LogP contribution in [0.2, 0.25) is 0 Å². The van der Waals surface area contributed by atoms with Crippen molar-refractivity contribution in [1.29, 1.82) is 0 Å². The maximum absolute atomic E-state index is 13.0. The van der Waals surface area contributed by atoms with E-state index in [4.69, 9.17) is 9.73 Å². The molecule has 0 unspecified atom stereocenters. The predicted molar refractivity (Wildman–Crippen MR) is 122 cm³/mol. The second-order valence-corrected chi connectivity index (χ2v) is 8.46. The summed E-state index contributed by atoms with van der Waals surface area (Å²) in [5, 5.41) is 10.6. The molecule has 8 heteroatoms. The Bertz CT molecular complexity index is 1290. The van der Waals surface area contributed by atoms with E-state index in [1.54, 1.807) is 11.8 Å². The van der Waals surface area contributed by atoms with Gasteiger partial charge in [0, 0.05) is 36.2 Å². The number of nitrogens with zero attached hydrogens (tertiary/aromatic N) is 3. The minimum Gasteiger partial charge on any atom is -0.494 e. The lowest BCUT2D eigenvalue weighted by Crippen LogP contribution is -2.40. The van der Waals surface area contributed by atoms with Crippen LogP contribution in [0.25, 0.3) is 0 Å². The molecule has 4 rings (SSSR count). The largest absolute Gasteiger partial charge is 0.494 e. The van der Waals surface area contributed by atoms with Gasteiger partial charge in [-0.2, -0.15) is 0 Å². The summed E-state index contributed by atoms with van der Waals surface area (Å²) in [4.78, 5) is 30.9. The van der Waals surface area contributed by atoms with Gasteiger partial charge in [-0.05, 0) is 25.1 Å². The van der Waals surface area contributed by atoms with Gasteiger partial charge in [-0.3, -0.25) is 18.9 Å². The molecule has 1 N–H and O–H groups in total. The summed E-state index contributed by atoms with van der Waals surface area (Å²) >= 11 is 1.64. The van der Waals surface area contributed by atoms with E-state index < -0.39 is 11.2 Å². The first-order valence-corrected chi connectivity index (χ1v) is 10.8. The Balaban J connectivity index is 1.93. The third-order valence-electron chi connectivity index (χ3n) is 5.26. The first kappa shape index (κ1) is 21.0. The Morgan fingerprint density at radius 2 is 1.81 bits per heavy atom. The Morgan fingerprint density at radius 1 is 1.10 bits per heavy atom. The number of aromatic hydroxyl groups is 1. The van der Waals surface area contributed by atoms with Gasteiger partial charge in [-0.1, -0.05) is 30.3 Å². The molecule has 2 heterocycles. The fraction of sp³-hybridized carbons (Fsp3) is 0.261. The van der Waals surface area contributed by atoms with E-state index >= 15 is 0 Å². The van der Waals surface area contributed by atoms with Gasteiger partial charge in [-0.15, -0.1) is 11.8 Å². The third kappa shape index (κ3) is 3.79. The number of rotatable bonds is 4.